The Kier molecular flexibility index (Phi) is 7.95. The van der Waals surface area contributed by atoms with Crippen molar-refractivity contribution in [1.29, 1.82) is 0 Å². The van der Waals surface area contributed by atoms with Gasteiger partial charge in [-0.1, -0.05) is 17.7 Å². The number of carbonyl (C=O) groups is 1. The number of hydrogen-bond donors (Lipinski definition) is 1. The number of nitrogens with zero attached hydrogens (tertiary/aromatic N) is 3. The second-order valence-electron chi connectivity index (χ2n) is 9.05. The van der Waals surface area contributed by atoms with Crippen LogP contribution in [0.5, 0.6) is 0 Å². The molecule has 0 aliphatic carbocycles. The molecule has 0 aromatic heterocycles. The fourth-order valence-electron chi connectivity index (χ4n) is 4.71. The van der Waals surface area contributed by atoms with Gasteiger partial charge in [-0.2, -0.15) is 4.31 Å². The fourth-order valence-corrected chi connectivity index (χ4v) is 6.73. The Labute approximate surface area is 200 Å². The van der Waals surface area contributed by atoms with E-state index in [2.05, 4.69) is 4.90 Å². The Balaban J connectivity index is 1.48. The van der Waals surface area contributed by atoms with E-state index in [1.165, 1.54) is 16.4 Å². The lowest BCUT2D eigenvalue weighted by Gasteiger charge is -2.44. The summed E-state index contributed by atoms with van der Waals surface area (Å²) in [5.74, 6) is 0.0668. The molecular weight excluding hydrogens is 470 g/mol. The minimum atomic E-state index is -3.92. The van der Waals surface area contributed by atoms with Gasteiger partial charge in [0, 0.05) is 37.7 Å². The molecule has 0 radical (unpaired) electrons. The number of sulfonamides is 1. The van der Waals surface area contributed by atoms with Crippen molar-refractivity contribution in [3.63, 3.8) is 0 Å². The van der Waals surface area contributed by atoms with Crippen LogP contribution in [-0.2, 0) is 24.3 Å². The molecule has 11 heteroatoms. The van der Waals surface area contributed by atoms with Crippen molar-refractivity contribution in [3.05, 3.63) is 29.3 Å². The first-order valence-electron chi connectivity index (χ1n) is 11.4. The highest BCUT2D eigenvalue weighted by molar-refractivity contribution is 7.89. The molecule has 1 amide bonds. The summed E-state index contributed by atoms with van der Waals surface area (Å²) in [7, 11) is -1.87. The zero-order valence-corrected chi connectivity index (χ0v) is 20.4. The predicted octanol–water partition coefficient (Wildman–Crippen LogP) is 0.802. The van der Waals surface area contributed by atoms with Crippen LogP contribution >= 0.6 is 11.6 Å². The molecule has 1 N–H and O–H groups in total. The first-order valence-corrected chi connectivity index (χ1v) is 13.2. The number of ether oxygens (including phenoxy) is 2. The minimum absolute atomic E-state index is 0.0129. The quantitative estimate of drug-likeness (QED) is 0.651. The van der Waals surface area contributed by atoms with Crippen LogP contribution in [-0.4, -0.2) is 111 Å². The third kappa shape index (κ3) is 5.87. The summed E-state index contributed by atoms with van der Waals surface area (Å²) in [6.07, 6.45) is -0.417. The van der Waals surface area contributed by atoms with Crippen molar-refractivity contribution in [2.45, 2.75) is 48.5 Å². The van der Waals surface area contributed by atoms with Crippen LogP contribution in [0.1, 0.15) is 19.3 Å². The topological polar surface area (TPSA) is 99.6 Å². The van der Waals surface area contributed by atoms with Crippen molar-refractivity contribution < 1.29 is 27.8 Å². The Bertz CT molecular complexity index is 940. The van der Waals surface area contributed by atoms with Crippen LogP contribution in [0.15, 0.2) is 29.2 Å². The third-order valence-corrected chi connectivity index (χ3v) is 8.72. The van der Waals surface area contributed by atoms with Crippen molar-refractivity contribution >= 4 is 27.5 Å². The molecule has 1 aromatic rings. The van der Waals surface area contributed by atoms with Crippen LogP contribution in [0.3, 0.4) is 0 Å². The van der Waals surface area contributed by atoms with E-state index < -0.39 is 28.3 Å². The van der Waals surface area contributed by atoms with E-state index >= 15 is 0 Å². The lowest BCUT2D eigenvalue weighted by atomic mass is 9.96. The number of hydrogen-bond acceptors (Lipinski definition) is 7. The van der Waals surface area contributed by atoms with E-state index in [0.717, 1.165) is 13.1 Å². The van der Waals surface area contributed by atoms with Gasteiger partial charge in [0.25, 0.3) is 0 Å². The van der Waals surface area contributed by atoms with Crippen LogP contribution in [0.4, 0.5) is 0 Å². The second-order valence-corrected chi connectivity index (χ2v) is 11.4. The largest absolute Gasteiger partial charge is 0.389 e. The van der Waals surface area contributed by atoms with Crippen molar-refractivity contribution in [1.82, 2.24) is 14.1 Å². The number of amides is 1. The maximum Gasteiger partial charge on any atom is 0.243 e. The van der Waals surface area contributed by atoms with Gasteiger partial charge in [-0.25, -0.2) is 8.42 Å². The Morgan fingerprint density at radius 1 is 1.18 bits per heavy atom. The molecule has 3 aliphatic heterocycles. The molecule has 4 atom stereocenters. The number of halogens is 1. The molecule has 3 aliphatic rings. The zero-order valence-electron chi connectivity index (χ0n) is 18.8. The highest BCUT2D eigenvalue weighted by Crippen LogP contribution is 2.32. The highest BCUT2D eigenvalue weighted by Gasteiger charge is 2.43. The molecule has 3 fully saturated rings. The maximum atomic E-state index is 13.5. The maximum absolute atomic E-state index is 13.5. The summed E-state index contributed by atoms with van der Waals surface area (Å²) in [6, 6.07) is 5.62. The number of aliphatic hydroxyl groups excluding tert-OH is 1. The molecule has 33 heavy (non-hydrogen) atoms. The normalized spacial score (nSPS) is 30.3. The Morgan fingerprint density at radius 3 is 2.67 bits per heavy atom. The third-order valence-electron chi connectivity index (χ3n) is 6.59. The highest BCUT2D eigenvalue weighted by atomic mass is 35.5. The molecule has 4 rings (SSSR count). The fraction of sp³-hybridized carbons (Fsp3) is 0.682. The molecule has 0 saturated carbocycles. The van der Waals surface area contributed by atoms with Gasteiger partial charge >= 0.3 is 0 Å². The van der Waals surface area contributed by atoms with Crippen molar-refractivity contribution in [3.8, 4) is 0 Å². The number of β-amino-alcohol motifs (C(OH)–C–C–N with tert-alkyl or cyclic N) is 1. The standard InChI is InChI=1S/C22H32ClN3O6S/c1-24-7-9-25(10-8-24)22(28)12-18-5-6-20-21(32-18)15-31-14-17(27)13-26(20)33(29,30)19-4-2-3-16(23)11-19/h2-4,11,17-18,20-21,27H,5-10,12-15H2,1H3/t17-,18-,20-,21+/m0/s1. The molecule has 1 aromatic carbocycles. The summed E-state index contributed by atoms with van der Waals surface area (Å²) < 4.78 is 40.2. The smallest absolute Gasteiger partial charge is 0.243 e. The lowest BCUT2D eigenvalue weighted by Crippen LogP contribution is -2.57. The molecule has 9 nitrogen and oxygen atoms in total. The molecule has 3 saturated heterocycles. The van der Waals surface area contributed by atoms with Crippen LogP contribution in [0, 0.1) is 0 Å². The number of fused-ring (bicyclic) bond motifs is 1. The summed E-state index contributed by atoms with van der Waals surface area (Å²) in [5.41, 5.74) is 0. The van der Waals surface area contributed by atoms with E-state index in [1.54, 1.807) is 12.1 Å². The van der Waals surface area contributed by atoms with Crippen molar-refractivity contribution in [2.75, 3.05) is 53.0 Å². The Morgan fingerprint density at radius 2 is 1.94 bits per heavy atom. The number of carbonyl (C=O) groups excluding carboxylic acids is 1. The van der Waals surface area contributed by atoms with Gasteiger partial charge < -0.3 is 24.4 Å². The van der Waals surface area contributed by atoms with E-state index in [4.69, 9.17) is 21.1 Å². The van der Waals surface area contributed by atoms with Gasteiger partial charge in [0.1, 0.15) is 0 Å². The molecular formula is C22H32ClN3O6S. The number of likely N-dealkylation sites (N-methyl/N-ethyl adjacent to an activating group) is 1. The van der Waals surface area contributed by atoms with Crippen LogP contribution in [0.2, 0.25) is 5.02 Å². The van der Waals surface area contributed by atoms with E-state index in [9.17, 15) is 18.3 Å². The monoisotopic (exact) mass is 501 g/mol. The van der Waals surface area contributed by atoms with Crippen LogP contribution in [0.25, 0.3) is 0 Å². The first kappa shape index (κ1) is 24.8. The van der Waals surface area contributed by atoms with Crippen LogP contribution < -0.4 is 0 Å². The molecule has 184 valence electrons. The number of benzene rings is 1. The van der Waals surface area contributed by atoms with Gasteiger partial charge in [0.05, 0.1) is 48.9 Å². The van der Waals surface area contributed by atoms with Gasteiger partial charge in [0.15, 0.2) is 0 Å². The number of aliphatic hydroxyl groups is 1. The Hall–Kier alpha value is -1.27. The van der Waals surface area contributed by atoms with E-state index in [0.29, 0.717) is 31.0 Å². The minimum Gasteiger partial charge on any atom is -0.389 e. The summed E-state index contributed by atoms with van der Waals surface area (Å²) in [6.45, 7) is 3.20. The summed E-state index contributed by atoms with van der Waals surface area (Å²) in [4.78, 5) is 16.9. The average molecular weight is 502 g/mol. The molecule has 0 spiro atoms. The van der Waals surface area contributed by atoms with Gasteiger partial charge in [-0.3, -0.25) is 4.79 Å². The first-order chi connectivity index (χ1) is 15.7. The van der Waals surface area contributed by atoms with Gasteiger partial charge in [-0.05, 0) is 38.1 Å². The second kappa shape index (κ2) is 10.6. The summed E-state index contributed by atoms with van der Waals surface area (Å²) >= 11 is 6.04. The van der Waals surface area contributed by atoms with Gasteiger partial charge in [0.2, 0.25) is 15.9 Å². The SMILES string of the molecule is CN1CCN(C(=O)C[C@@H]2CC[C@H]3[C@@H](COC[C@@H](O)CN3S(=O)(=O)c3cccc(Cl)c3)O2)CC1. The average Bonchev–Trinajstić information content (AvgIpc) is 2.77. The number of rotatable bonds is 4. The predicted molar refractivity (Wildman–Crippen MR) is 123 cm³/mol. The summed E-state index contributed by atoms with van der Waals surface area (Å²) in [5, 5.41) is 10.6. The van der Waals surface area contributed by atoms with E-state index in [1.807, 2.05) is 11.9 Å². The molecule has 3 heterocycles. The number of piperazine rings is 1. The molecule has 0 bridgehead atoms. The lowest BCUT2D eigenvalue weighted by molar-refractivity contribution is -0.152. The van der Waals surface area contributed by atoms with Crippen molar-refractivity contribution in [2.24, 2.45) is 0 Å². The van der Waals surface area contributed by atoms with E-state index in [-0.39, 0.29) is 43.1 Å². The molecule has 0 unspecified atom stereocenters. The van der Waals surface area contributed by atoms with Gasteiger partial charge in [-0.15, -0.1) is 0 Å². The zero-order chi connectivity index (χ0) is 23.6.